The molecule has 2 aromatic heterocycles. The summed E-state index contributed by atoms with van der Waals surface area (Å²) in [6.45, 7) is 0.468. The van der Waals surface area contributed by atoms with Crippen molar-refractivity contribution in [1.29, 1.82) is 0 Å². The van der Waals surface area contributed by atoms with Crippen LogP contribution in [0.1, 0.15) is 17.3 Å². The molecule has 1 aromatic carbocycles. The van der Waals surface area contributed by atoms with E-state index in [4.69, 9.17) is 5.73 Å². The monoisotopic (exact) mass is 242 g/mol. The Morgan fingerprint density at radius 1 is 1.39 bits per heavy atom. The molecule has 3 N–H and O–H groups in total. The number of nitrogens with one attached hydrogen (secondary N) is 1. The Kier molecular flexibility index (Phi) is 2.56. The van der Waals surface area contributed by atoms with Gasteiger partial charge in [0.1, 0.15) is 0 Å². The highest BCUT2D eigenvalue weighted by Crippen LogP contribution is 2.28. The average Bonchev–Trinajstić information content (AvgIpc) is 2.99. The minimum atomic E-state index is 0.00106. The molecule has 0 radical (unpaired) electrons. The zero-order valence-electron chi connectivity index (χ0n) is 10.0. The van der Waals surface area contributed by atoms with Gasteiger partial charge < -0.3 is 10.7 Å². The fourth-order valence-electron chi connectivity index (χ4n) is 2.29. The fraction of sp³-hybridized carbons (Fsp3) is 0.250. The van der Waals surface area contributed by atoms with Crippen LogP contribution >= 0.6 is 0 Å². The van der Waals surface area contributed by atoms with Crippen LogP contribution in [-0.2, 0) is 7.05 Å². The predicted octanol–water partition coefficient (Wildman–Crippen LogP) is 0.782. The first-order valence-corrected chi connectivity index (χ1v) is 5.79. The Morgan fingerprint density at radius 3 is 2.94 bits per heavy atom. The van der Waals surface area contributed by atoms with Crippen LogP contribution in [0.3, 0.4) is 0 Å². The van der Waals surface area contributed by atoms with Crippen molar-refractivity contribution in [3.63, 3.8) is 0 Å². The number of aryl methyl sites for hydroxylation is 1. The van der Waals surface area contributed by atoms with Gasteiger partial charge in [0.15, 0.2) is 5.82 Å². The van der Waals surface area contributed by atoms with E-state index in [0.717, 1.165) is 22.3 Å². The number of aromatic amines is 1. The summed E-state index contributed by atoms with van der Waals surface area (Å²) in [6.07, 6.45) is 1.98. The molecule has 1 unspecified atom stereocenters. The van der Waals surface area contributed by atoms with E-state index in [1.54, 1.807) is 4.68 Å². The van der Waals surface area contributed by atoms with Crippen LogP contribution in [-0.4, -0.2) is 31.7 Å². The topological polar surface area (TPSA) is 85.4 Å². The molecule has 6 nitrogen and oxygen atoms in total. The van der Waals surface area contributed by atoms with Gasteiger partial charge in [0.2, 0.25) is 0 Å². The van der Waals surface area contributed by atoms with Gasteiger partial charge in [0.25, 0.3) is 0 Å². The van der Waals surface area contributed by atoms with E-state index >= 15 is 0 Å². The number of tetrazole rings is 1. The van der Waals surface area contributed by atoms with E-state index in [9.17, 15) is 0 Å². The van der Waals surface area contributed by atoms with E-state index < -0.39 is 0 Å². The van der Waals surface area contributed by atoms with Gasteiger partial charge in [-0.2, -0.15) is 0 Å². The standard InChI is InChI=1S/C12H14N6/c1-18-12(15-16-17-18)9(6-13)10-7-14-11-5-3-2-4-8(10)11/h2-5,7,9,14H,6,13H2,1H3. The highest BCUT2D eigenvalue weighted by molar-refractivity contribution is 5.84. The number of hydrogen-bond donors (Lipinski definition) is 2. The second-order valence-electron chi connectivity index (χ2n) is 4.24. The molecular formula is C12H14N6. The fourth-order valence-corrected chi connectivity index (χ4v) is 2.29. The van der Waals surface area contributed by atoms with Gasteiger partial charge >= 0.3 is 0 Å². The number of benzene rings is 1. The van der Waals surface area contributed by atoms with E-state index in [-0.39, 0.29) is 5.92 Å². The van der Waals surface area contributed by atoms with Crippen molar-refractivity contribution < 1.29 is 0 Å². The number of nitrogens with two attached hydrogens (primary N) is 1. The van der Waals surface area contributed by atoms with Crippen LogP contribution in [0, 0.1) is 0 Å². The van der Waals surface area contributed by atoms with Gasteiger partial charge in [-0.1, -0.05) is 18.2 Å². The second-order valence-corrected chi connectivity index (χ2v) is 4.24. The summed E-state index contributed by atoms with van der Waals surface area (Å²) < 4.78 is 1.67. The summed E-state index contributed by atoms with van der Waals surface area (Å²) in [4.78, 5) is 3.25. The molecule has 0 amide bonds. The summed E-state index contributed by atoms with van der Waals surface area (Å²) in [5, 5.41) is 12.8. The third kappa shape index (κ3) is 1.58. The summed E-state index contributed by atoms with van der Waals surface area (Å²) in [6, 6.07) is 8.14. The predicted molar refractivity (Wildman–Crippen MR) is 68.0 cm³/mol. The first-order chi connectivity index (χ1) is 8.81. The third-order valence-electron chi connectivity index (χ3n) is 3.20. The van der Waals surface area contributed by atoms with Crippen molar-refractivity contribution in [3.8, 4) is 0 Å². The maximum absolute atomic E-state index is 5.89. The maximum atomic E-state index is 5.89. The number of para-hydroxylation sites is 1. The van der Waals surface area contributed by atoms with Gasteiger partial charge in [-0.15, -0.1) is 5.10 Å². The molecule has 0 aliphatic carbocycles. The molecule has 0 aliphatic rings. The van der Waals surface area contributed by atoms with Gasteiger partial charge in [-0.3, -0.25) is 0 Å². The number of hydrogen-bond acceptors (Lipinski definition) is 4. The van der Waals surface area contributed by atoms with Crippen LogP contribution in [0.2, 0.25) is 0 Å². The summed E-state index contributed by atoms with van der Waals surface area (Å²) in [7, 11) is 1.83. The molecule has 0 saturated heterocycles. The van der Waals surface area contributed by atoms with E-state index in [1.807, 2.05) is 31.4 Å². The molecule has 6 heteroatoms. The Balaban J connectivity index is 2.15. The van der Waals surface area contributed by atoms with Crippen LogP contribution in [0.25, 0.3) is 10.9 Å². The Bertz CT molecular complexity index is 668. The Morgan fingerprint density at radius 2 is 2.22 bits per heavy atom. The normalized spacial score (nSPS) is 13.0. The molecule has 0 spiro atoms. The summed E-state index contributed by atoms with van der Waals surface area (Å²) in [5.74, 6) is 0.781. The van der Waals surface area contributed by atoms with Crippen molar-refractivity contribution in [2.24, 2.45) is 12.8 Å². The average molecular weight is 242 g/mol. The zero-order valence-corrected chi connectivity index (χ0v) is 10.0. The molecule has 0 fully saturated rings. The molecule has 0 saturated carbocycles. The number of fused-ring (bicyclic) bond motifs is 1. The van der Waals surface area contributed by atoms with Crippen molar-refractivity contribution in [2.45, 2.75) is 5.92 Å². The first-order valence-electron chi connectivity index (χ1n) is 5.79. The molecule has 0 bridgehead atoms. The van der Waals surface area contributed by atoms with Gasteiger partial charge in [-0.05, 0) is 22.1 Å². The molecule has 92 valence electrons. The van der Waals surface area contributed by atoms with E-state index in [1.165, 1.54) is 0 Å². The minimum Gasteiger partial charge on any atom is -0.361 e. The quantitative estimate of drug-likeness (QED) is 0.710. The van der Waals surface area contributed by atoms with Gasteiger partial charge in [0, 0.05) is 30.7 Å². The minimum absolute atomic E-state index is 0.00106. The van der Waals surface area contributed by atoms with Crippen LogP contribution < -0.4 is 5.73 Å². The molecule has 1 atom stereocenters. The van der Waals surface area contributed by atoms with Crippen LogP contribution in [0.4, 0.5) is 0 Å². The summed E-state index contributed by atoms with van der Waals surface area (Å²) >= 11 is 0. The highest BCUT2D eigenvalue weighted by atomic mass is 15.5. The number of nitrogens with zero attached hydrogens (tertiary/aromatic N) is 4. The Labute approximate surface area is 104 Å². The first kappa shape index (κ1) is 10.9. The van der Waals surface area contributed by atoms with Crippen LogP contribution in [0.15, 0.2) is 30.5 Å². The SMILES string of the molecule is Cn1nnnc1C(CN)c1c[nH]c2ccccc12. The Hall–Kier alpha value is -2.21. The number of rotatable bonds is 3. The highest BCUT2D eigenvalue weighted by Gasteiger charge is 2.21. The molecule has 18 heavy (non-hydrogen) atoms. The van der Waals surface area contributed by atoms with Crippen LogP contribution in [0.5, 0.6) is 0 Å². The molecule has 3 aromatic rings. The maximum Gasteiger partial charge on any atom is 0.159 e. The van der Waals surface area contributed by atoms with Crippen molar-refractivity contribution in [1.82, 2.24) is 25.2 Å². The molecular weight excluding hydrogens is 228 g/mol. The lowest BCUT2D eigenvalue weighted by Gasteiger charge is -2.11. The van der Waals surface area contributed by atoms with Crippen molar-refractivity contribution >= 4 is 10.9 Å². The molecule has 0 aliphatic heterocycles. The zero-order chi connectivity index (χ0) is 12.5. The lowest BCUT2D eigenvalue weighted by atomic mass is 9.98. The third-order valence-corrected chi connectivity index (χ3v) is 3.20. The smallest absolute Gasteiger partial charge is 0.159 e. The van der Waals surface area contributed by atoms with Crippen molar-refractivity contribution in [3.05, 3.63) is 41.9 Å². The second kappa shape index (κ2) is 4.23. The largest absolute Gasteiger partial charge is 0.361 e. The number of aromatic nitrogens is 5. The molecule has 3 rings (SSSR count). The van der Waals surface area contributed by atoms with E-state index in [0.29, 0.717) is 6.54 Å². The van der Waals surface area contributed by atoms with Gasteiger partial charge in [0.05, 0.1) is 5.92 Å². The van der Waals surface area contributed by atoms with E-state index in [2.05, 4.69) is 26.6 Å². The number of H-pyrrole nitrogens is 1. The van der Waals surface area contributed by atoms with Gasteiger partial charge in [-0.25, -0.2) is 4.68 Å². The lowest BCUT2D eigenvalue weighted by Crippen LogP contribution is -2.17. The van der Waals surface area contributed by atoms with Crippen molar-refractivity contribution in [2.75, 3.05) is 6.54 Å². The lowest BCUT2D eigenvalue weighted by molar-refractivity contribution is 0.643. The summed E-state index contributed by atoms with van der Waals surface area (Å²) in [5.41, 5.74) is 8.12. The molecule has 2 heterocycles.